The molecule has 0 atom stereocenters. The van der Waals surface area contributed by atoms with Crippen molar-refractivity contribution in [3.05, 3.63) is 17.0 Å². The molecule has 1 N–H and O–H groups in total. The molecule has 0 aromatic carbocycles. The van der Waals surface area contributed by atoms with Gasteiger partial charge in [0.1, 0.15) is 4.21 Å². The molecule has 1 aliphatic heterocycles. The Hall–Kier alpha value is -0.0800. The molecule has 1 aliphatic rings. The predicted octanol–water partition coefficient (Wildman–Crippen LogP) is 1.80. The second-order valence-corrected chi connectivity index (χ2v) is 10.3. The summed E-state index contributed by atoms with van der Waals surface area (Å²) in [5.74, 6) is 0.834. The summed E-state index contributed by atoms with van der Waals surface area (Å²) in [4.78, 5) is 0.909. The van der Waals surface area contributed by atoms with E-state index in [9.17, 15) is 8.42 Å². The van der Waals surface area contributed by atoms with Crippen molar-refractivity contribution in [1.29, 1.82) is 0 Å². The van der Waals surface area contributed by atoms with Crippen LogP contribution < -0.4 is 0 Å². The summed E-state index contributed by atoms with van der Waals surface area (Å²) in [6.07, 6.45) is 0.515. The first-order chi connectivity index (χ1) is 8.85. The molecule has 2 heterocycles. The van der Waals surface area contributed by atoms with Crippen LogP contribution in [0.25, 0.3) is 0 Å². The standard InChI is InChI=1S/C12H19NO3S3/c1-12(2)9-13(6-8-17-12)19(15,16)11-4-3-10(18-11)5-7-14/h3-4,14H,5-9H2,1-2H3. The van der Waals surface area contributed by atoms with Gasteiger partial charge in [-0.3, -0.25) is 0 Å². The largest absolute Gasteiger partial charge is 0.396 e. The van der Waals surface area contributed by atoms with Crippen molar-refractivity contribution in [2.75, 3.05) is 25.4 Å². The lowest BCUT2D eigenvalue weighted by Crippen LogP contribution is -2.45. The number of aliphatic hydroxyl groups excluding tert-OH is 1. The van der Waals surface area contributed by atoms with Crippen LogP contribution in [0.5, 0.6) is 0 Å². The van der Waals surface area contributed by atoms with Crippen LogP contribution in [0.15, 0.2) is 16.3 Å². The highest BCUT2D eigenvalue weighted by atomic mass is 32.2. The maximum absolute atomic E-state index is 12.6. The Bertz CT molecular complexity index is 536. The van der Waals surface area contributed by atoms with Gasteiger partial charge >= 0.3 is 0 Å². The van der Waals surface area contributed by atoms with Crippen LogP contribution in [0.1, 0.15) is 18.7 Å². The number of thioether (sulfide) groups is 1. The fraction of sp³-hybridized carbons (Fsp3) is 0.667. The normalized spacial score (nSPS) is 20.6. The number of thiophene rings is 1. The van der Waals surface area contributed by atoms with E-state index in [2.05, 4.69) is 13.8 Å². The van der Waals surface area contributed by atoms with Crippen LogP contribution in [0.3, 0.4) is 0 Å². The molecule has 0 unspecified atom stereocenters. The zero-order valence-corrected chi connectivity index (χ0v) is 13.6. The third-order valence-electron chi connectivity index (χ3n) is 2.98. The molecule has 1 aromatic heterocycles. The van der Waals surface area contributed by atoms with Gasteiger partial charge in [0.2, 0.25) is 0 Å². The van der Waals surface area contributed by atoms with Crippen molar-refractivity contribution < 1.29 is 13.5 Å². The SMILES string of the molecule is CC1(C)CN(S(=O)(=O)c2ccc(CCO)s2)CCS1. The monoisotopic (exact) mass is 321 g/mol. The molecular formula is C12H19NO3S3. The fourth-order valence-corrected chi connectivity index (χ4v) is 6.46. The van der Waals surface area contributed by atoms with E-state index in [0.717, 1.165) is 10.6 Å². The Morgan fingerprint density at radius 3 is 2.79 bits per heavy atom. The number of nitrogens with zero attached hydrogens (tertiary/aromatic N) is 1. The third-order valence-corrected chi connectivity index (χ3v) is 7.73. The topological polar surface area (TPSA) is 57.6 Å². The van der Waals surface area contributed by atoms with Crippen LogP contribution in [-0.2, 0) is 16.4 Å². The minimum absolute atomic E-state index is 0.0312. The lowest BCUT2D eigenvalue weighted by atomic mass is 10.2. The van der Waals surface area contributed by atoms with Gasteiger partial charge < -0.3 is 5.11 Å². The molecule has 108 valence electrons. The van der Waals surface area contributed by atoms with Crippen molar-refractivity contribution in [3.8, 4) is 0 Å². The molecule has 19 heavy (non-hydrogen) atoms. The van der Waals surface area contributed by atoms with E-state index in [0.29, 0.717) is 23.7 Å². The van der Waals surface area contributed by atoms with Gasteiger partial charge in [0, 0.05) is 41.5 Å². The molecule has 0 bridgehead atoms. The minimum atomic E-state index is -3.37. The van der Waals surface area contributed by atoms with Gasteiger partial charge in [-0.2, -0.15) is 16.1 Å². The van der Waals surface area contributed by atoms with Crippen LogP contribution in [0.4, 0.5) is 0 Å². The van der Waals surface area contributed by atoms with E-state index in [1.165, 1.54) is 11.3 Å². The maximum Gasteiger partial charge on any atom is 0.252 e. The van der Waals surface area contributed by atoms with Crippen LogP contribution in [-0.4, -0.2) is 48.0 Å². The number of hydrogen-bond acceptors (Lipinski definition) is 5. The van der Waals surface area contributed by atoms with Gasteiger partial charge in [-0.1, -0.05) is 0 Å². The Morgan fingerprint density at radius 1 is 1.42 bits per heavy atom. The van der Waals surface area contributed by atoms with Crippen molar-refractivity contribution in [2.45, 2.75) is 29.2 Å². The third kappa shape index (κ3) is 3.52. The number of hydrogen-bond donors (Lipinski definition) is 1. The molecule has 4 nitrogen and oxygen atoms in total. The summed E-state index contributed by atoms with van der Waals surface area (Å²) in [6.45, 7) is 5.32. The predicted molar refractivity (Wildman–Crippen MR) is 80.4 cm³/mol. The van der Waals surface area contributed by atoms with Crippen LogP contribution in [0, 0.1) is 0 Å². The number of aliphatic hydroxyl groups is 1. The molecule has 0 saturated carbocycles. The quantitative estimate of drug-likeness (QED) is 0.919. The minimum Gasteiger partial charge on any atom is -0.396 e. The first kappa shape index (κ1) is 15.3. The van der Waals surface area contributed by atoms with Gasteiger partial charge in [-0.25, -0.2) is 8.42 Å². The molecule has 2 rings (SSSR count). The summed E-state index contributed by atoms with van der Waals surface area (Å²) < 4.78 is 27.1. The molecule has 7 heteroatoms. The van der Waals surface area contributed by atoms with E-state index in [1.807, 2.05) is 11.8 Å². The van der Waals surface area contributed by atoms with E-state index < -0.39 is 10.0 Å². The van der Waals surface area contributed by atoms with E-state index >= 15 is 0 Å². The van der Waals surface area contributed by atoms with Crippen molar-refractivity contribution >= 4 is 33.1 Å². The Balaban J connectivity index is 2.21. The highest BCUT2D eigenvalue weighted by Crippen LogP contribution is 2.34. The second kappa shape index (κ2) is 5.73. The molecule has 0 radical (unpaired) electrons. The van der Waals surface area contributed by atoms with Crippen molar-refractivity contribution in [3.63, 3.8) is 0 Å². The van der Waals surface area contributed by atoms with Crippen molar-refractivity contribution in [1.82, 2.24) is 4.31 Å². The second-order valence-electron chi connectivity index (χ2n) is 5.14. The molecule has 1 saturated heterocycles. The summed E-state index contributed by atoms with van der Waals surface area (Å²) >= 11 is 3.07. The average Bonchev–Trinajstić information content (AvgIpc) is 2.77. The highest BCUT2D eigenvalue weighted by Gasteiger charge is 2.35. The molecule has 1 aromatic rings. The molecular weight excluding hydrogens is 302 g/mol. The van der Waals surface area contributed by atoms with Gasteiger partial charge in [0.15, 0.2) is 0 Å². The maximum atomic E-state index is 12.6. The van der Waals surface area contributed by atoms with Gasteiger partial charge in [0.25, 0.3) is 10.0 Å². The van der Waals surface area contributed by atoms with E-state index in [1.54, 1.807) is 16.4 Å². The average molecular weight is 321 g/mol. The molecule has 1 fully saturated rings. The Labute approximate surface area is 122 Å². The highest BCUT2D eigenvalue weighted by molar-refractivity contribution is 8.00. The zero-order chi connectivity index (χ0) is 14.1. The van der Waals surface area contributed by atoms with Crippen LogP contribution in [0.2, 0.25) is 0 Å². The van der Waals surface area contributed by atoms with Gasteiger partial charge in [-0.05, 0) is 26.0 Å². The van der Waals surface area contributed by atoms with Gasteiger partial charge in [-0.15, -0.1) is 11.3 Å². The fourth-order valence-electron chi connectivity index (χ4n) is 2.05. The lowest BCUT2D eigenvalue weighted by Gasteiger charge is -2.36. The smallest absolute Gasteiger partial charge is 0.252 e. The van der Waals surface area contributed by atoms with Gasteiger partial charge in [0.05, 0.1) is 0 Å². The van der Waals surface area contributed by atoms with E-state index in [-0.39, 0.29) is 11.4 Å². The lowest BCUT2D eigenvalue weighted by molar-refractivity contribution is 0.300. The summed E-state index contributed by atoms with van der Waals surface area (Å²) in [5.41, 5.74) is 0. The molecule has 0 amide bonds. The van der Waals surface area contributed by atoms with E-state index in [4.69, 9.17) is 5.11 Å². The summed E-state index contributed by atoms with van der Waals surface area (Å²) in [5, 5.41) is 8.89. The Kier molecular flexibility index (Phi) is 4.62. The van der Waals surface area contributed by atoms with Crippen molar-refractivity contribution in [2.24, 2.45) is 0 Å². The van der Waals surface area contributed by atoms with Crippen LogP contribution >= 0.6 is 23.1 Å². The first-order valence-electron chi connectivity index (χ1n) is 6.19. The number of sulfonamides is 1. The zero-order valence-electron chi connectivity index (χ0n) is 11.1. The first-order valence-corrected chi connectivity index (χ1v) is 9.43. The summed E-state index contributed by atoms with van der Waals surface area (Å²) in [7, 11) is -3.37. The molecule has 0 aliphatic carbocycles. The Morgan fingerprint density at radius 2 is 2.16 bits per heavy atom. The summed E-state index contributed by atoms with van der Waals surface area (Å²) in [6, 6.07) is 3.44. The molecule has 0 spiro atoms. The number of rotatable bonds is 4.